The Morgan fingerprint density at radius 3 is 0.522 bits per heavy atom. The molecule has 0 spiro atoms. The lowest BCUT2D eigenvalue weighted by Gasteiger charge is -2.09. The summed E-state index contributed by atoms with van der Waals surface area (Å²) in [7, 11) is 0. The van der Waals surface area contributed by atoms with E-state index in [1.165, 1.54) is 189 Å². The molecule has 0 amide bonds. The molecular weight excluding hydrogens is 1610 g/mol. The second kappa shape index (κ2) is 49.4. The number of hydrogen-bond acceptors (Lipinski definition) is 0. The van der Waals surface area contributed by atoms with E-state index in [0.29, 0.717) is 0 Å². The molecule has 0 N–H and O–H groups in total. The molecule has 652 valence electrons. The lowest BCUT2D eigenvalue weighted by atomic mass is 9.96. The Morgan fingerprint density at radius 2 is 0.254 bits per heavy atom. The largest absolute Gasteiger partial charge is 0.0622 e. The predicted molar refractivity (Wildman–Crippen MR) is 580 cm³/mol. The molecule has 0 aromatic heterocycles. The minimum atomic E-state index is 1.26. The SMILES string of the molecule is Cc1cc(-c2ccccc2)cc(-c2ccccc2)c1.Cc1cc(-c2ccccc2)ccc1-c1ccccc1.Cc1ccc(-c2ccc(-c3ccccc3)cc2)cc1.Cc1ccc(-c2cccc(-c3ccccc3)c2)cc1.Cc1ccc(-c2ccccc2)cc1.Cc1cccc(-c2ccc(-c3ccccc3)cc2)c1.Cc1cccc(-c2ccccc2)c1.Cc1ccccc1-c1ccccc1. The molecule has 21 aromatic rings. The average molecular weight is 1730 g/mol. The van der Waals surface area contributed by atoms with Crippen LogP contribution in [-0.2, 0) is 0 Å². The van der Waals surface area contributed by atoms with E-state index in [0.717, 1.165) is 0 Å². The maximum Gasteiger partial charge on any atom is -0.0154 e. The van der Waals surface area contributed by atoms with E-state index < -0.39 is 0 Å². The van der Waals surface area contributed by atoms with E-state index in [1.807, 2.05) is 36.4 Å². The zero-order chi connectivity index (χ0) is 92.7. The number of hydrogen-bond donors (Lipinski definition) is 0. The Hall–Kier alpha value is -16.4. The first-order valence-electron chi connectivity index (χ1n) is 46.2. The van der Waals surface area contributed by atoms with Crippen molar-refractivity contribution in [1.29, 1.82) is 0 Å². The molecule has 0 aliphatic carbocycles. The van der Waals surface area contributed by atoms with Gasteiger partial charge in [-0.3, -0.25) is 0 Å². The highest BCUT2D eigenvalue weighted by atomic mass is 14.1. The highest BCUT2D eigenvalue weighted by Gasteiger charge is 2.10. The quantitative estimate of drug-likeness (QED) is 0.108. The Morgan fingerprint density at radius 1 is 0.0821 bits per heavy atom. The van der Waals surface area contributed by atoms with Crippen LogP contribution in [-0.4, -0.2) is 0 Å². The van der Waals surface area contributed by atoms with Gasteiger partial charge in [0.2, 0.25) is 0 Å². The molecule has 0 fully saturated rings. The fourth-order valence-corrected chi connectivity index (χ4v) is 15.9. The van der Waals surface area contributed by atoms with E-state index in [9.17, 15) is 0 Å². The van der Waals surface area contributed by atoms with Crippen LogP contribution in [0.15, 0.2) is 558 Å². The topological polar surface area (TPSA) is 0 Å². The van der Waals surface area contributed by atoms with Crippen molar-refractivity contribution in [2.24, 2.45) is 0 Å². The third-order valence-electron chi connectivity index (χ3n) is 23.3. The zero-order valence-electron chi connectivity index (χ0n) is 78.1. The molecule has 0 aliphatic heterocycles. The fourth-order valence-electron chi connectivity index (χ4n) is 15.9. The van der Waals surface area contributed by atoms with Crippen LogP contribution in [0.25, 0.3) is 145 Å². The number of benzene rings is 21. The standard InChI is InChI=1S/5C19H16.3C13H12/c1-15-12-18(16-8-4-2-5-9-16)14-19(13-15)17-10-6-3-7-11-17;1-15-14-18(16-8-4-2-5-9-16)12-13-19(15)17-10-6-3-7-11-17;1-15-6-5-9-19(14-15)18-12-10-17(11-13-18)16-7-3-2-4-8-16;1-15-10-12-17(13-11-15)19-9-5-8-18(14-19)16-6-3-2-4-7-16;1-15-7-9-17(10-8-15)19-13-11-18(12-14-19)16-5-3-2-4-6-16;1-11-7-5-6-10-13(11)12-8-3-2-4-9-12;1-11-6-5-9-13(10-11)12-7-3-2-4-8-12;1-11-7-9-13(10-8-11)12-5-3-2-4-6-12/h5*2-14H,1H3;3*2-10H,1H3. The Kier molecular flexibility index (Phi) is 34.6. The van der Waals surface area contributed by atoms with E-state index in [1.54, 1.807) is 0 Å². The highest BCUT2D eigenvalue weighted by Crippen LogP contribution is 2.34. The monoisotopic (exact) mass is 1720 g/mol. The lowest BCUT2D eigenvalue weighted by Crippen LogP contribution is -1.85. The molecule has 0 unspecified atom stereocenters. The van der Waals surface area contributed by atoms with Gasteiger partial charge in [-0.1, -0.05) is 574 Å². The molecule has 21 aromatic carbocycles. The van der Waals surface area contributed by atoms with Crippen LogP contribution in [0.1, 0.15) is 44.5 Å². The second-order valence-corrected chi connectivity index (χ2v) is 33.7. The summed E-state index contributed by atoms with van der Waals surface area (Å²) in [5.41, 5.74) is 43.6. The first-order valence-corrected chi connectivity index (χ1v) is 46.2. The maximum absolute atomic E-state index is 2.26. The van der Waals surface area contributed by atoms with Gasteiger partial charge in [-0.15, -0.1) is 0 Å². The van der Waals surface area contributed by atoms with Crippen molar-refractivity contribution in [1.82, 2.24) is 0 Å². The van der Waals surface area contributed by atoms with Crippen molar-refractivity contribution in [2.75, 3.05) is 0 Å². The summed E-state index contributed by atoms with van der Waals surface area (Å²) in [6.45, 7) is 17.0. The molecule has 134 heavy (non-hydrogen) atoms. The van der Waals surface area contributed by atoms with Gasteiger partial charge in [0.15, 0.2) is 0 Å². The van der Waals surface area contributed by atoms with Gasteiger partial charge >= 0.3 is 0 Å². The molecule has 0 saturated carbocycles. The van der Waals surface area contributed by atoms with Gasteiger partial charge in [-0.25, -0.2) is 0 Å². The summed E-state index contributed by atoms with van der Waals surface area (Å²) in [5.74, 6) is 0. The van der Waals surface area contributed by atoms with Crippen LogP contribution in [0.5, 0.6) is 0 Å². The smallest absolute Gasteiger partial charge is 0.0154 e. The Balaban J connectivity index is 0.000000123. The van der Waals surface area contributed by atoms with Crippen LogP contribution < -0.4 is 0 Å². The first-order chi connectivity index (χ1) is 65.7. The molecule has 0 saturated heterocycles. The van der Waals surface area contributed by atoms with Crippen molar-refractivity contribution in [3.8, 4) is 145 Å². The Bertz CT molecular complexity index is 6970. The highest BCUT2D eigenvalue weighted by molar-refractivity contribution is 5.79. The second-order valence-electron chi connectivity index (χ2n) is 33.7. The average Bonchev–Trinajstić information content (AvgIpc) is 0.506. The summed E-state index contributed by atoms with van der Waals surface area (Å²) >= 11 is 0. The fraction of sp³-hybridized carbons (Fsp3) is 0.0597. The van der Waals surface area contributed by atoms with Gasteiger partial charge in [0.25, 0.3) is 0 Å². The molecule has 0 radical (unpaired) electrons. The van der Waals surface area contributed by atoms with Crippen LogP contribution in [0.4, 0.5) is 0 Å². The molecule has 0 bridgehead atoms. The van der Waals surface area contributed by atoms with Gasteiger partial charge < -0.3 is 0 Å². The third kappa shape index (κ3) is 28.3. The molecular formula is C134H116. The normalized spacial score (nSPS) is 10.2. The van der Waals surface area contributed by atoms with Crippen LogP contribution in [0.3, 0.4) is 0 Å². The maximum atomic E-state index is 2.26. The van der Waals surface area contributed by atoms with Crippen LogP contribution in [0, 0.1) is 55.4 Å². The zero-order valence-corrected chi connectivity index (χ0v) is 78.1. The number of rotatable bonds is 13. The number of aryl methyl sites for hydroxylation is 8. The van der Waals surface area contributed by atoms with E-state index in [2.05, 4.69) is 577 Å². The van der Waals surface area contributed by atoms with Crippen molar-refractivity contribution in [3.05, 3.63) is 603 Å². The van der Waals surface area contributed by atoms with Crippen molar-refractivity contribution in [3.63, 3.8) is 0 Å². The van der Waals surface area contributed by atoms with Gasteiger partial charge in [-0.2, -0.15) is 0 Å². The van der Waals surface area contributed by atoms with Gasteiger partial charge in [0.05, 0.1) is 0 Å². The van der Waals surface area contributed by atoms with Crippen molar-refractivity contribution >= 4 is 0 Å². The summed E-state index contributed by atoms with van der Waals surface area (Å²) in [6, 6.07) is 196. The third-order valence-corrected chi connectivity index (χ3v) is 23.3. The predicted octanol–water partition coefficient (Wildman–Crippen LogP) is 37.6. The molecule has 0 heteroatoms. The van der Waals surface area contributed by atoms with Gasteiger partial charge in [-0.05, 0) is 229 Å². The van der Waals surface area contributed by atoms with Gasteiger partial charge in [0.1, 0.15) is 0 Å². The van der Waals surface area contributed by atoms with Crippen molar-refractivity contribution in [2.45, 2.75) is 55.4 Å². The molecule has 0 atom stereocenters. The molecule has 0 nitrogen and oxygen atoms in total. The molecule has 0 aliphatic rings. The summed E-state index contributed by atoms with van der Waals surface area (Å²) < 4.78 is 0. The minimum absolute atomic E-state index is 1.26. The molecule has 0 heterocycles. The van der Waals surface area contributed by atoms with Crippen LogP contribution >= 0.6 is 0 Å². The summed E-state index contributed by atoms with van der Waals surface area (Å²) in [5, 5.41) is 0. The Labute approximate surface area is 797 Å². The van der Waals surface area contributed by atoms with Gasteiger partial charge in [0, 0.05) is 0 Å². The minimum Gasteiger partial charge on any atom is -0.0622 e. The van der Waals surface area contributed by atoms with E-state index in [4.69, 9.17) is 0 Å². The van der Waals surface area contributed by atoms with E-state index in [-0.39, 0.29) is 0 Å². The lowest BCUT2D eigenvalue weighted by molar-refractivity contribution is 1.45. The van der Waals surface area contributed by atoms with Crippen molar-refractivity contribution < 1.29 is 0 Å². The van der Waals surface area contributed by atoms with E-state index >= 15 is 0 Å². The summed E-state index contributed by atoms with van der Waals surface area (Å²) in [6.07, 6.45) is 0. The first kappa shape index (κ1) is 93.8. The summed E-state index contributed by atoms with van der Waals surface area (Å²) in [4.78, 5) is 0. The molecule has 21 rings (SSSR count). The van der Waals surface area contributed by atoms with Crippen LogP contribution in [0.2, 0.25) is 0 Å².